The van der Waals surface area contributed by atoms with Crippen molar-refractivity contribution in [1.29, 1.82) is 0 Å². The maximum absolute atomic E-state index is 11.0. The van der Waals surface area contributed by atoms with Gasteiger partial charge in [0.2, 0.25) is 0 Å². The van der Waals surface area contributed by atoms with Crippen LogP contribution < -0.4 is 0 Å². The average molecular weight is 349 g/mol. The van der Waals surface area contributed by atoms with E-state index in [0.717, 1.165) is 16.2 Å². The van der Waals surface area contributed by atoms with Crippen LogP contribution in [-0.2, 0) is 0 Å². The summed E-state index contributed by atoms with van der Waals surface area (Å²) in [5.41, 5.74) is 1.46. The predicted molar refractivity (Wildman–Crippen MR) is 87.3 cm³/mol. The van der Waals surface area contributed by atoms with Gasteiger partial charge in [-0.1, -0.05) is 42.5 Å². The highest BCUT2D eigenvalue weighted by molar-refractivity contribution is 9.10. The lowest BCUT2D eigenvalue weighted by Gasteiger charge is -2.03. The highest BCUT2D eigenvalue weighted by atomic mass is 79.9. The molecule has 2 aromatic rings. The van der Waals surface area contributed by atoms with Gasteiger partial charge < -0.3 is 5.11 Å². The number of carboxylic acid groups (broad SMARTS) is 1. The molecule has 0 atom stereocenters. The molecule has 20 heavy (non-hydrogen) atoms. The number of thioether (sulfide) groups is 1. The fourth-order valence-electron chi connectivity index (χ4n) is 1.65. The Labute approximate surface area is 130 Å². The van der Waals surface area contributed by atoms with E-state index in [1.165, 1.54) is 0 Å². The molecule has 0 fully saturated rings. The molecule has 0 heterocycles. The van der Waals surface area contributed by atoms with Crippen molar-refractivity contribution in [2.45, 2.75) is 4.90 Å². The minimum absolute atomic E-state index is 0.294. The Morgan fingerprint density at radius 2 is 1.95 bits per heavy atom. The summed E-state index contributed by atoms with van der Waals surface area (Å²) in [6, 6.07) is 15.5. The summed E-state index contributed by atoms with van der Waals surface area (Å²) in [6.45, 7) is 0. The smallest absolute Gasteiger partial charge is 0.336 e. The van der Waals surface area contributed by atoms with Gasteiger partial charge in [0.1, 0.15) is 0 Å². The molecule has 0 amide bonds. The average Bonchev–Trinajstić information content (AvgIpc) is 2.46. The number of benzene rings is 2. The molecule has 0 saturated heterocycles. The molecular formula is C16H13BrO2S. The zero-order valence-corrected chi connectivity index (χ0v) is 13.0. The van der Waals surface area contributed by atoms with Gasteiger partial charge in [-0.15, -0.1) is 11.8 Å². The van der Waals surface area contributed by atoms with E-state index >= 15 is 0 Å². The van der Waals surface area contributed by atoms with E-state index in [9.17, 15) is 4.79 Å². The lowest BCUT2D eigenvalue weighted by molar-refractivity contribution is 0.0695. The third-order valence-electron chi connectivity index (χ3n) is 2.62. The van der Waals surface area contributed by atoms with Crippen LogP contribution >= 0.6 is 27.7 Å². The minimum atomic E-state index is -0.917. The van der Waals surface area contributed by atoms with Gasteiger partial charge in [0, 0.05) is 15.1 Å². The highest BCUT2D eigenvalue weighted by Gasteiger charge is 2.08. The zero-order chi connectivity index (χ0) is 14.4. The summed E-state index contributed by atoms with van der Waals surface area (Å²) in [5.74, 6) is -0.116. The fourth-order valence-corrected chi connectivity index (χ4v) is 2.82. The van der Waals surface area contributed by atoms with Gasteiger partial charge in [-0.2, -0.15) is 0 Å². The number of hydrogen-bond donors (Lipinski definition) is 1. The van der Waals surface area contributed by atoms with Gasteiger partial charge >= 0.3 is 5.97 Å². The zero-order valence-electron chi connectivity index (χ0n) is 10.6. The molecule has 0 aliphatic rings. The molecule has 0 saturated carbocycles. The minimum Gasteiger partial charge on any atom is -0.478 e. The monoisotopic (exact) mass is 348 g/mol. The Morgan fingerprint density at radius 3 is 2.65 bits per heavy atom. The van der Waals surface area contributed by atoms with E-state index in [1.807, 2.05) is 36.4 Å². The van der Waals surface area contributed by atoms with Crippen LogP contribution in [-0.4, -0.2) is 16.8 Å². The van der Waals surface area contributed by atoms with Crippen molar-refractivity contribution < 1.29 is 9.90 Å². The van der Waals surface area contributed by atoms with Crippen LogP contribution in [0.15, 0.2) is 64.0 Å². The molecule has 2 rings (SSSR count). The number of aromatic carboxylic acids is 1. The Balaban J connectivity index is 1.96. The Hall–Kier alpha value is -1.52. The summed E-state index contributed by atoms with van der Waals surface area (Å²) in [6.07, 6.45) is 4.13. The summed E-state index contributed by atoms with van der Waals surface area (Å²) in [4.78, 5) is 12.0. The standard InChI is InChI=1S/C16H13BrO2S/c17-15-9-8-13(11-14(15)16(18)19)20-10-4-7-12-5-2-1-3-6-12/h1-9,11H,10H2,(H,18,19)/b7-4+. The summed E-state index contributed by atoms with van der Waals surface area (Å²) < 4.78 is 0.606. The first-order chi connectivity index (χ1) is 9.66. The third kappa shape index (κ3) is 4.25. The van der Waals surface area contributed by atoms with E-state index in [2.05, 4.69) is 28.1 Å². The van der Waals surface area contributed by atoms with E-state index in [1.54, 1.807) is 23.9 Å². The maximum Gasteiger partial charge on any atom is 0.336 e. The van der Waals surface area contributed by atoms with Gasteiger partial charge in [0.05, 0.1) is 5.56 Å². The SMILES string of the molecule is O=C(O)c1cc(SC/C=C/c2ccccc2)ccc1Br. The van der Waals surface area contributed by atoms with E-state index in [0.29, 0.717) is 10.0 Å². The molecule has 0 aromatic heterocycles. The van der Waals surface area contributed by atoms with Crippen LogP contribution in [0.1, 0.15) is 15.9 Å². The highest BCUT2D eigenvalue weighted by Crippen LogP contribution is 2.25. The molecule has 0 aliphatic heterocycles. The topological polar surface area (TPSA) is 37.3 Å². The first kappa shape index (κ1) is 14.9. The molecule has 2 aromatic carbocycles. The van der Waals surface area contributed by atoms with Crippen molar-refractivity contribution in [2.75, 3.05) is 5.75 Å². The maximum atomic E-state index is 11.0. The third-order valence-corrected chi connectivity index (χ3v) is 4.26. The van der Waals surface area contributed by atoms with Crippen molar-refractivity contribution in [1.82, 2.24) is 0 Å². The molecular weight excluding hydrogens is 336 g/mol. The molecule has 0 unspecified atom stereocenters. The number of hydrogen-bond acceptors (Lipinski definition) is 2. The lowest BCUT2D eigenvalue weighted by atomic mass is 10.2. The number of carboxylic acids is 1. The number of carbonyl (C=O) groups is 1. The van der Waals surface area contributed by atoms with E-state index < -0.39 is 5.97 Å². The van der Waals surface area contributed by atoms with Gasteiger partial charge in [-0.25, -0.2) is 4.79 Å². The lowest BCUT2D eigenvalue weighted by Crippen LogP contribution is -1.97. The molecule has 4 heteroatoms. The molecule has 0 radical (unpaired) electrons. The predicted octanol–water partition coefficient (Wildman–Crippen LogP) is 4.95. The van der Waals surface area contributed by atoms with Crippen LogP contribution in [0.25, 0.3) is 6.08 Å². The largest absolute Gasteiger partial charge is 0.478 e. The summed E-state index contributed by atoms with van der Waals surface area (Å²) in [5, 5.41) is 9.06. The van der Waals surface area contributed by atoms with Crippen molar-refractivity contribution in [2.24, 2.45) is 0 Å². The first-order valence-corrected chi connectivity index (χ1v) is 7.82. The van der Waals surface area contributed by atoms with E-state index in [4.69, 9.17) is 5.11 Å². The van der Waals surface area contributed by atoms with Gasteiger partial charge in [-0.05, 0) is 39.7 Å². The second-order valence-corrected chi connectivity index (χ2v) is 6.02. The quantitative estimate of drug-likeness (QED) is 0.776. The fraction of sp³-hybridized carbons (Fsp3) is 0.0625. The summed E-state index contributed by atoms with van der Waals surface area (Å²) >= 11 is 4.85. The molecule has 102 valence electrons. The van der Waals surface area contributed by atoms with Gasteiger partial charge in [0.25, 0.3) is 0 Å². The second-order valence-electron chi connectivity index (χ2n) is 4.07. The second kappa shape index (κ2) is 7.31. The van der Waals surface area contributed by atoms with Gasteiger partial charge in [0.15, 0.2) is 0 Å². The molecule has 2 nitrogen and oxygen atoms in total. The molecule has 0 bridgehead atoms. The molecule has 0 aliphatic carbocycles. The van der Waals surface area contributed by atoms with Crippen molar-refractivity contribution in [3.05, 3.63) is 70.2 Å². The van der Waals surface area contributed by atoms with E-state index in [-0.39, 0.29) is 0 Å². The number of halogens is 1. The van der Waals surface area contributed by atoms with Crippen LogP contribution in [0.3, 0.4) is 0 Å². The Bertz CT molecular complexity index is 624. The van der Waals surface area contributed by atoms with Crippen molar-refractivity contribution in [3.63, 3.8) is 0 Å². The molecule has 0 spiro atoms. The normalized spacial score (nSPS) is 10.8. The van der Waals surface area contributed by atoms with Crippen LogP contribution in [0.2, 0.25) is 0 Å². The summed E-state index contributed by atoms with van der Waals surface area (Å²) in [7, 11) is 0. The first-order valence-electron chi connectivity index (χ1n) is 6.04. The van der Waals surface area contributed by atoms with Crippen LogP contribution in [0.4, 0.5) is 0 Å². The van der Waals surface area contributed by atoms with Crippen molar-refractivity contribution in [3.8, 4) is 0 Å². The Kier molecular flexibility index (Phi) is 5.44. The molecule has 1 N–H and O–H groups in total. The van der Waals surface area contributed by atoms with Crippen LogP contribution in [0.5, 0.6) is 0 Å². The Morgan fingerprint density at radius 1 is 1.20 bits per heavy atom. The van der Waals surface area contributed by atoms with Crippen molar-refractivity contribution >= 4 is 39.7 Å². The van der Waals surface area contributed by atoms with Gasteiger partial charge in [-0.3, -0.25) is 0 Å². The number of rotatable bonds is 5. The van der Waals surface area contributed by atoms with Crippen LogP contribution in [0, 0.1) is 0 Å².